The average molecular weight is 156 g/mol. The van der Waals surface area contributed by atoms with Crippen molar-refractivity contribution in [2.45, 2.75) is 26.2 Å². The molecule has 0 radical (unpaired) electrons. The van der Waals surface area contributed by atoms with Crippen LogP contribution in [0.5, 0.6) is 0 Å². The van der Waals surface area contributed by atoms with Gasteiger partial charge in [-0.3, -0.25) is 5.10 Å². The summed E-state index contributed by atoms with van der Waals surface area (Å²) in [4.78, 5) is 0. The van der Waals surface area contributed by atoms with E-state index in [-0.39, 0.29) is 6.10 Å². The average Bonchev–Trinajstić information content (AvgIpc) is 2.35. The van der Waals surface area contributed by atoms with Crippen molar-refractivity contribution in [3.8, 4) is 0 Å². The Morgan fingerprint density at radius 1 is 1.64 bits per heavy atom. The van der Waals surface area contributed by atoms with E-state index in [4.69, 9.17) is 9.84 Å². The molecule has 1 aromatic heterocycles. The van der Waals surface area contributed by atoms with E-state index in [1.807, 2.05) is 13.0 Å². The highest BCUT2D eigenvalue weighted by molar-refractivity contribution is 5.00. The minimum atomic E-state index is -0.742. The number of hydrogen-bond acceptors (Lipinski definition) is 3. The van der Waals surface area contributed by atoms with Crippen LogP contribution in [0.1, 0.15) is 25.6 Å². The van der Waals surface area contributed by atoms with Crippen LogP contribution in [0.2, 0.25) is 0 Å². The number of aromatic nitrogens is 2. The standard InChI is InChI=1S/C7H12N2O2/c1-5(11-6(2)10)7-3-4-8-9-7/h3-6,10H,1-2H3,(H,8,9). The molecule has 0 amide bonds. The molecule has 4 nitrogen and oxygen atoms in total. The van der Waals surface area contributed by atoms with Gasteiger partial charge in [-0.15, -0.1) is 0 Å². The van der Waals surface area contributed by atoms with Crippen molar-refractivity contribution >= 4 is 0 Å². The lowest BCUT2D eigenvalue weighted by Gasteiger charge is -2.12. The molecule has 2 N–H and O–H groups in total. The van der Waals surface area contributed by atoms with Crippen molar-refractivity contribution in [1.82, 2.24) is 10.2 Å². The minimum absolute atomic E-state index is 0.141. The normalized spacial score (nSPS) is 16.3. The summed E-state index contributed by atoms with van der Waals surface area (Å²) in [6, 6.07) is 1.81. The van der Waals surface area contributed by atoms with Crippen LogP contribution in [0.4, 0.5) is 0 Å². The summed E-state index contributed by atoms with van der Waals surface area (Å²) < 4.78 is 5.08. The molecule has 0 aliphatic heterocycles. The van der Waals surface area contributed by atoms with Gasteiger partial charge >= 0.3 is 0 Å². The zero-order valence-electron chi connectivity index (χ0n) is 6.61. The van der Waals surface area contributed by atoms with Crippen molar-refractivity contribution in [1.29, 1.82) is 0 Å². The van der Waals surface area contributed by atoms with Crippen molar-refractivity contribution in [3.63, 3.8) is 0 Å². The Kier molecular flexibility index (Phi) is 2.62. The molecule has 1 heterocycles. The number of aliphatic hydroxyl groups excluding tert-OH is 1. The third-order valence-electron chi connectivity index (χ3n) is 1.36. The van der Waals surface area contributed by atoms with Crippen molar-refractivity contribution in [3.05, 3.63) is 18.0 Å². The molecule has 62 valence electrons. The SMILES string of the molecule is CC(O)OC(C)c1ccn[nH]1. The lowest BCUT2D eigenvalue weighted by atomic mass is 10.3. The molecule has 2 atom stereocenters. The summed E-state index contributed by atoms with van der Waals surface area (Å²) >= 11 is 0. The summed E-state index contributed by atoms with van der Waals surface area (Å²) in [7, 11) is 0. The van der Waals surface area contributed by atoms with E-state index in [1.165, 1.54) is 0 Å². The molecule has 4 heteroatoms. The second-order valence-corrected chi connectivity index (χ2v) is 2.39. The first-order valence-electron chi connectivity index (χ1n) is 3.53. The zero-order chi connectivity index (χ0) is 8.27. The van der Waals surface area contributed by atoms with E-state index < -0.39 is 6.29 Å². The molecule has 0 aromatic carbocycles. The van der Waals surface area contributed by atoms with E-state index in [0.717, 1.165) is 5.69 Å². The van der Waals surface area contributed by atoms with Gasteiger partial charge in [0.25, 0.3) is 0 Å². The van der Waals surface area contributed by atoms with Gasteiger partial charge in [0.1, 0.15) is 0 Å². The van der Waals surface area contributed by atoms with Gasteiger partial charge in [0.05, 0.1) is 11.8 Å². The highest BCUT2D eigenvalue weighted by Gasteiger charge is 2.08. The molecule has 0 aliphatic rings. The molecule has 0 bridgehead atoms. The summed E-state index contributed by atoms with van der Waals surface area (Å²) in [5.74, 6) is 0. The first-order chi connectivity index (χ1) is 5.20. The van der Waals surface area contributed by atoms with Crippen LogP contribution >= 0.6 is 0 Å². The predicted molar refractivity (Wildman–Crippen MR) is 39.8 cm³/mol. The molecule has 1 rings (SSSR count). The van der Waals surface area contributed by atoms with E-state index in [1.54, 1.807) is 13.1 Å². The summed E-state index contributed by atoms with van der Waals surface area (Å²) in [6.07, 6.45) is 0.767. The Morgan fingerprint density at radius 3 is 2.82 bits per heavy atom. The first-order valence-corrected chi connectivity index (χ1v) is 3.53. The molecule has 0 saturated carbocycles. The topological polar surface area (TPSA) is 58.1 Å². The number of ether oxygens (including phenoxy) is 1. The van der Waals surface area contributed by atoms with Crippen molar-refractivity contribution in [2.75, 3.05) is 0 Å². The number of H-pyrrole nitrogens is 1. The van der Waals surface area contributed by atoms with Gasteiger partial charge in [0, 0.05) is 6.20 Å². The summed E-state index contributed by atoms with van der Waals surface area (Å²) in [6.45, 7) is 3.42. The first kappa shape index (κ1) is 8.23. The molecular weight excluding hydrogens is 144 g/mol. The Hall–Kier alpha value is -0.870. The second-order valence-electron chi connectivity index (χ2n) is 2.39. The van der Waals surface area contributed by atoms with Gasteiger partial charge in [-0.05, 0) is 19.9 Å². The van der Waals surface area contributed by atoms with Crippen LogP contribution in [0.25, 0.3) is 0 Å². The van der Waals surface area contributed by atoms with Crippen LogP contribution in [0.3, 0.4) is 0 Å². The molecule has 11 heavy (non-hydrogen) atoms. The van der Waals surface area contributed by atoms with Gasteiger partial charge in [0.2, 0.25) is 0 Å². The maximum Gasteiger partial charge on any atom is 0.152 e. The molecule has 0 spiro atoms. The quantitative estimate of drug-likeness (QED) is 0.637. The van der Waals surface area contributed by atoms with Crippen LogP contribution in [-0.2, 0) is 4.74 Å². The van der Waals surface area contributed by atoms with Gasteiger partial charge in [-0.2, -0.15) is 5.10 Å². The predicted octanol–water partition coefficient (Wildman–Crippen LogP) is 0.826. The lowest BCUT2D eigenvalue weighted by molar-refractivity contribution is -0.121. The van der Waals surface area contributed by atoms with Gasteiger partial charge in [-0.25, -0.2) is 0 Å². The highest BCUT2D eigenvalue weighted by atomic mass is 16.6. The molecule has 1 aromatic rings. The van der Waals surface area contributed by atoms with Crippen LogP contribution in [-0.4, -0.2) is 21.6 Å². The Bertz CT molecular complexity index is 196. The summed E-state index contributed by atoms with van der Waals surface area (Å²) in [5.41, 5.74) is 0.867. The Balaban J connectivity index is 2.49. The van der Waals surface area contributed by atoms with Crippen molar-refractivity contribution < 1.29 is 9.84 Å². The Morgan fingerprint density at radius 2 is 2.36 bits per heavy atom. The fourth-order valence-corrected chi connectivity index (χ4v) is 0.862. The largest absolute Gasteiger partial charge is 0.368 e. The minimum Gasteiger partial charge on any atom is -0.368 e. The summed E-state index contributed by atoms with van der Waals surface area (Å²) in [5, 5.41) is 15.4. The number of rotatable bonds is 3. The van der Waals surface area contributed by atoms with Gasteiger partial charge in [-0.1, -0.05) is 0 Å². The van der Waals surface area contributed by atoms with E-state index in [2.05, 4.69) is 10.2 Å². The molecule has 2 unspecified atom stereocenters. The highest BCUT2D eigenvalue weighted by Crippen LogP contribution is 2.13. The van der Waals surface area contributed by atoms with E-state index in [9.17, 15) is 0 Å². The molecule has 0 fully saturated rings. The number of nitrogens with one attached hydrogen (secondary N) is 1. The van der Waals surface area contributed by atoms with Gasteiger partial charge in [0.15, 0.2) is 6.29 Å². The molecule has 0 saturated heterocycles. The smallest absolute Gasteiger partial charge is 0.152 e. The number of aliphatic hydroxyl groups is 1. The maximum absolute atomic E-state index is 8.87. The fraction of sp³-hybridized carbons (Fsp3) is 0.571. The number of aromatic amines is 1. The molecule has 0 aliphatic carbocycles. The monoisotopic (exact) mass is 156 g/mol. The van der Waals surface area contributed by atoms with Crippen LogP contribution in [0, 0.1) is 0 Å². The van der Waals surface area contributed by atoms with Crippen molar-refractivity contribution in [2.24, 2.45) is 0 Å². The molecular formula is C7H12N2O2. The Labute approximate surface area is 65.2 Å². The number of hydrogen-bond donors (Lipinski definition) is 2. The van der Waals surface area contributed by atoms with Gasteiger partial charge < -0.3 is 9.84 Å². The van der Waals surface area contributed by atoms with Crippen LogP contribution < -0.4 is 0 Å². The second kappa shape index (κ2) is 3.50. The van der Waals surface area contributed by atoms with E-state index in [0.29, 0.717) is 0 Å². The zero-order valence-corrected chi connectivity index (χ0v) is 6.61. The maximum atomic E-state index is 8.87. The third-order valence-corrected chi connectivity index (χ3v) is 1.36. The third kappa shape index (κ3) is 2.32. The van der Waals surface area contributed by atoms with Crippen LogP contribution in [0.15, 0.2) is 12.3 Å². The number of nitrogens with zero attached hydrogens (tertiary/aromatic N) is 1. The van der Waals surface area contributed by atoms with E-state index >= 15 is 0 Å². The lowest BCUT2D eigenvalue weighted by Crippen LogP contribution is -2.10. The fourth-order valence-electron chi connectivity index (χ4n) is 0.862.